The first-order valence-corrected chi connectivity index (χ1v) is 7.30. The Hall–Kier alpha value is -2.35. The molecular weight excluding hydrogens is 304 g/mol. The third-order valence-electron chi connectivity index (χ3n) is 2.68. The second-order valence-corrected chi connectivity index (χ2v) is 6.15. The van der Waals surface area contributed by atoms with Gasteiger partial charge in [0.25, 0.3) is 0 Å². The zero-order valence-corrected chi connectivity index (χ0v) is 11.3. The molecule has 0 radical (unpaired) electrons. The van der Waals surface area contributed by atoms with Gasteiger partial charge in [0.2, 0.25) is 0 Å². The number of aromatic nitrogens is 1. The van der Waals surface area contributed by atoms with Gasteiger partial charge >= 0.3 is 5.97 Å². The van der Waals surface area contributed by atoms with Crippen LogP contribution in [0.1, 0.15) is 15.9 Å². The van der Waals surface area contributed by atoms with E-state index < -0.39 is 43.7 Å². The summed E-state index contributed by atoms with van der Waals surface area (Å²) in [5.74, 6) is -5.25. The molecule has 1 aromatic heterocycles. The first kappa shape index (κ1) is 15.0. The summed E-state index contributed by atoms with van der Waals surface area (Å²) < 4.78 is 51.3. The lowest BCUT2D eigenvalue weighted by molar-refractivity contribution is 0.0696. The van der Waals surface area contributed by atoms with E-state index >= 15 is 0 Å². The van der Waals surface area contributed by atoms with Crippen molar-refractivity contribution in [3.63, 3.8) is 0 Å². The van der Waals surface area contributed by atoms with E-state index in [1.807, 2.05) is 0 Å². The van der Waals surface area contributed by atoms with E-state index in [0.29, 0.717) is 17.7 Å². The van der Waals surface area contributed by atoms with Gasteiger partial charge in [-0.2, -0.15) is 0 Å². The number of hydrogen-bond donors (Lipinski definition) is 1. The first-order valence-electron chi connectivity index (χ1n) is 5.65. The maximum absolute atomic E-state index is 13.7. The number of carbonyl (C=O) groups is 1. The summed E-state index contributed by atoms with van der Waals surface area (Å²) in [4.78, 5) is 13.5. The number of rotatable bonds is 4. The normalized spacial score (nSPS) is 11.3. The van der Waals surface area contributed by atoms with Gasteiger partial charge in [-0.25, -0.2) is 22.0 Å². The molecule has 0 fully saturated rings. The van der Waals surface area contributed by atoms with E-state index in [1.54, 1.807) is 0 Å². The smallest absolute Gasteiger partial charge is 0.335 e. The van der Waals surface area contributed by atoms with Gasteiger partial charge in [0.05, 0.1) is 11.3 Å². The van der Waals surface area contributed by atoms with Gasteiger partial charge in [-0.1, -0.05) is 0 Å². The van der Waals surface area contributed by atoms with Crippen LogP contribution < -0.4 is 0 Å². The lowest BCUT2D eigenvalue weighted by atomic mass is 10.2. The first-order chi connectivity index (χ1) is 9.81. The Balaban J connectivity index is 2.52. The zero-order chi connectivity index (χ0) is 15.6. The van der Waals surface area contributed by atoms with Crippen LogP contribution in [0, 0.1) is 11.6 Å². The largest absolute Gasteiger partial charge is 0.478 e. The van der Waals surface area contributed by atoms with Crippen LogP contribution in [0.3, 0.4) is 0 Å². The summed E-state index contributed by atoms with van der Waals surface area (Å²) in [7, 11) is -4.23. The highest BCUT2D eigenvalue weighted by Gasteiger charge is 2.25. The molecule has 0 bridgehead atoms. The average molecular weight is 313 g/mol. The predicted molar refractivity (Wildman–Crippen MR) is 68.4 cm³/mol. The van der Waals surface area contributed by atoms with Gasteiger partial charge in [-0.3, -0.25) is 4.98 Å². The van der Waals surface area contributed by atoms with Gasteiger partial charge in [0, 0.05) is 12.4 Å². The maximum atomic E-state index is 13.7. The molecule has 8 heteroatoms. The fraction of sp³-hybridized carbons (Fsp3) is 0.0769. The van der Waals surface area contributed by atoms with Crippen molar-refractivity contribution in [2.75, 3.05) is 0 Å². The molecule has 5 nitrogen and oxygen atoms in total. The fourth-order valence-electron chi connectivity index (χ4n) is 1.69. The Morgan fingerprint density at radius 3 is 2.38 bits per heavy atom. The number of pyridine rings is 1. The molecule has 1 N–H and O–H groups in total. The Labute approximate surface area is 118 Å². The van der Waals surface area contributed by atoms with Crippen LogP contribution in [-0.4, -0.2) is 24.5 Å². The van der Waals surface area contributed by atoms with Gasteiger partial charge in [0.1, 0.15) is 4.90 Å². The standard InChI is InChI=1S/C13H9F2NO4S/c14-10-5-9(13(17)18)6-11(12(10)15)21(19,20)7-8-1-3-16-4-2-8/h1-6H,7H2,(H,17,18). The van der Waals surface area contributed by atoms with Crippen molar-refractivity contribution < 1.29 is 27.1 Å². The molecule has 0 saturated carbocycles. The lowest BCUT2D eigenvalue weighted by Crippen LogP contribution is -2.11. The quantitative estimate of drug-likeness (QED) is 0.933. The average Bonchev–Trinajstić information content (AvgIpc) is 2.41. The molecule has 0 amide bonds. The molecule has 1 aromatic carbocycles. The van der Waals surface area contributed by atoms with Gasteiger partial charge in [0.15, 0.2) is 21.5 Å². The van der Waals surface area contributed by atoms with E-state index in [1.165, 1.54) is 24.5 Å². The zero-order valence-electron chi connectivity index (χ0n) is 10.5. The topological polar surface area (TPSA) is 84.3 Å². The predicted octanol–water partition coefficient (Wildman–Crippen LogP) is 2.03. The minimum Gasteiger partial charge on any atom is -0.478 e. The Kier molecular flexibility index (Phi) is 3.99. The number of nitrogens with zero attached hydrogens (tertiary/aromatic N) is 1. The van der Waals surface area contributed by atoms with Crippen LogP contribution in [0.15, 0.2) is 41.6 Å². The molecule has 0 saturated heterocycles. The van der Waals surface area contributed by atoms with E-state index in [2.05, 4.69) is 4.98 Å². The number of aromatic carboxylic acids is 1. The molecule has 2 aromatic rings. The van der Waals surface area contributed by atoms with Crippen molar-refractivity contribution in [3.8, 4) is 0 Å². The van der Waals surface area contributed by atoms with Gasteiger partial charge < -0.3 is 5.11 Å². The molecule has 0 aliphatic carbocycles. The molecule has 0 aliphatic heterocycles. The van der Waals surface area contributed by atoms with Crippen LogP contribution in [-0.2, 0) is 15.6 Å². The highest BCUT2D eigenvalue weighted by atomic mass is 32.2. The monoisotopic (exact) mass is 313 g/mol. The van der Waals surface area contributed by atoms with E-state index in [0.717, 1.165) is 0 Å². The highest BCUT2D eigenvalue weighted by Crippen LogP contribution is 2.23. The van der Waals surface area contributed by atoms with Crippen LogP contribution in [0.5, 0.6) is 0 Å². The minimum absolute atomic E-state index is 0.325. The number of carboxylic acids is 1. The summed E-state index contributed by atoms with van der Waals surface area (Å²) >= 11 is 0. The third-order valence-corrected chi connectivity index (χ3v) is 4.36. The maximum Gasteiger partial charge on any atom is 0.335 e. The SMILES string of the molecule is O=C(O)c1cc(F)c(F)c(S(=O)(=O)Cc2ccncc2)c1. The molecule has 110 valence electrons. The van der Waals surface area contributed by atoms with Gasteiger partial charge in [-0.05, 0) is 29.8 Å². The van der Waals surface area contributed by atoms with Crippen LogP contribution in [0.4, 0.5) is 8.78 Å². The molecular formula is C13H9F2NO4S. The van der Waals surface area contributed by atoms with Crippen molar-refractivity contribution >= 4 is 15.8 Å². The number of sulfone groups is 1. The molecule has 0 spiro atoms. The Morgan fingerprint density at radius 1 is 1.19 bits per heavy atom. The minimum atomic E-state index is -4.23. The fourth-order valence-corrected chi connectivity index (χ4v) is 3.15. The highest BCUT2D eigenvalue weighted by molar-refractivity contribution is 7.90. The van der Waals surface area contributed by atoms with Crippen molar-refractivity contribution in [2.45, 2.75) is 10.6 Å². The Bertz CT molecular complexity index is 791. The Morgan fingerprint density at radius 2 is 1.81 bits per heavy atom. The van der Waals surface area contributed by atoms with Crippen molar-refractivity contribution in [1.29, 1.82) is 0 Å². The van der Waals surface area contributed by atoms with E-state index in [4.69, 9.17) is 5.11 Å². The molecule has 0 unspecified atom stereocenters. The lowest BCUT2D eigenvalue weighted by Gasteiger charge is -2.08. The third kappa shape index (κ3) is 3.22. The second kappa shape index (κ2) is 5.57. The van der Waals surface area contributed by atoms with Crippen molar-refractivity contribution in [3.05, 3.63) is 59.4 Å². The summed E-state index contributed by atoms with van der Waals surface area (Å²) in [5, 5.41) is 8.79. The second-order valence-electron chi connectivity index (χ2n) is 4.19. The number of hydrogen-bond acceptors (Lipinski definition) is 4. The molecule has 0 atom stereocenters. The van der Waals surface area contributed by atoms with E-state index in [-0.39, 0.29) is 0 Å². The number of halogens is 2. The molecule has 2 rings (SSSR count). The molecule has 1 heterocycles. The molecule has 0 aliphatic rings. The number of benzene rings is 1. The van der Waals surface area contributed by atoms with Crippen LogP contribution in [0.2, 0.25) is 0 Å². The summed E-state index contributed by atoms with van der Waals surface area (Å²) in [6.07, 6.45) is 2.71. The van der Waals surface area contributed by atoms with Crippen molar-refractivity contribution in [2.24, 2.45) is 0 Å². The molecule has 21 heavy (non-hydrogen) atoms. The number of carboxylic acid groups (broad SMARTS) is 1. The summed E-state index contributed by atoms with van der Waals surface area (Å²) in [6, 6.07) is 3.86. The van der Waals surface area contributed by atoms with Crippen LogP contribution in [0.25, 0.3) is 0 Å². The van der Waals surface area contributed by atoms with Crippen LogP contribution >= 0.6 is 0 Å². The summed E-state index contributed by atoms with van der Waals surface area (Å²) in [6.45, 7) is 0. The summed E-state index contributed by atoms with van der Waals surface area (Å²) in [5.41, 5.74) is -0.312. The van der Waals surface area contributed by atoms with Crippen molar-refractivity contribution in [1.82, 2.24) is 4.98 Å². The van der Waals surface area contributed by atoms with Gasteiger partial charge in [-0.15, -0.1) is 0 Å². The van der Waals surface area contributed by atoms with E-state index in [9.17, 15) is 22.0 Å².